The van der Waals surface area contributed by atoms with Crippen LogP contribution in [-0.4, -0.2) is 35.7 Å². The molecule has 0 N–H and O–H groups in total. The Morgan fingerprint density at radius 3 is 2.43 bits per heavy atom. The molecule has 0 aromatic heterocycles. The van der Waals surface area contributed by atoms with Crippen LogP contribution < -0.4 is 0 Å². The fourth-order valence-electron chi connectivity index (χ4n) is 0.798. The summed E-state index contributed by atoms with van der Waals surface area (Å²) < 4.78 is 58.9. The van der Waals surface area contributed by atoms with Gasteiger partial charge in [0, 0.05) is 0 Å². The van der Waals surface area contributed by atoms with Crippen LogP contribution in [-0.2, 0) is 29.3 Å². The van der Waals surface area contributed by atoms with E-state index in [-0.39, 0.29) is 0 Å². The smallest absolute Gasteiger partial charge is 0.419 e. The molecule has 3 atom stereocenters. The minimum Gasteiger partial charge on any atom is -0.467 e. The summed E-state index contributed by atoms with van der Waals surface area (Å²) in [5, 5.41) is 0. The second-order valence-corrected chi connectivity index (χ2v) is 3.10. The van der Waals surface area contributed by atoms with Crippen LogP contribution in [0.2, 0.25) is 0 Å². The highest BCUT2D eigenvalue weighted by atomic mass is 32.2. The molecule has 9 heteroatoms. The Hall–Kier alpha value is -0.670. The van der Waals surface area contributed by atoms with Crippen LogP contribution in [0.25, 0.3) is 0 Å². The van der Waals surface area contributed by atoms with Crippen LogP contribution in [0, 0.1) is 0 Å². The zero-order chi connectivity index (χ0) is 10.9. The number of rotatable bonds is 1. The first-order valence-corrected chi connectivity index (χ1v) is 4.27. The summed E-state index contributed by atoms with van der Waals surface area (Å²) >= 11 is -2.57. The average Bonchev–Trinajstić information content (AvgIpc) is 2.45. The number of halogens is 3. The molecule has 0 amide bonds. The van der Waals surface area contributed by atoms with Gasteiger partial charge in [-0.15, -0.1) is 0 Å². The number of hydrogen-bond acceptors (Lipinski definition) is 5. The lowest BCUT2D eigenvalue weighted by atomic mass is 10.2. The van der Waals surface area contributed by atoms with E-state index >= 15 is 0 Å². The molecule has 0 bridgehead atoms. The average molecular weight is 234 g/mol. The number of hydrogen-bond donors (Lipinski definition) is 0. The van der Waals surface area contributed by atoms with E-state index in [0.717, 1.165) is 7.11 Å². The normalized spacial score (nSPS) is 33.0. The van der Waals surface area contributed by atoms with E-state index in [1.54, 1.807) is 0 Å². The molecule has 5 nitrogen and oxygen atoms in total. The topological polar surface area (TPSA) is 61.8 Å². The minimum atomic E-state index is -4.83. The predicted molar refractivity (Wildman–Crippen MR) is 36.0 cm³/mol. The van der Waals surface area contributed by atoms with E-state index in [2.05, 4.69) is 13.1 Å². The van der Waals surface area contributed by atoms with Gasteiger partial charge in [0.05, 0.1) is 7.11 Å². The first-order chi connectivity index (χ1) is 6.36. The molecule has 0 saturated carbocycles. The van der Waals surface area contributed by atoms with Gasteiger partial charge < -0.3 is 4.74 Å². The fourth-order valence-corrected chi connectivity index (χ4v) is 1.57. The molecule has 0 radical (unpaired) electrons. The first-order valence-electron chi connectivity index (χ1n) is 3.27. The first kappa shape index (κ1) is 11.4. The third-order valence-corrected chi connectivity index (χ3v) is 2.12. The summed E-state index contributed by atoms with van der Waals surface area (Å²) in [6.45, 7) is 0. The van der Waals surface area contributed by atoms with Gasteiger partial charge in [-0.1, -0.05) is 0 Å². The van der Waals surface area contributed by atoms with Gasteiger partial charge in [0.15, 0.2) is 0 Å². The third-order valence-electron chi connectivity index (χ3n) is 1.40. The lowest BCUT2D eigenvalue weighted by Crippen LogP contribution is -2.42. The van der Waals surface area contributed by atoms with Crippen molar-refractivity contribution < 1.29 is 35.3 Å². The largest absolute Gasteiger partial charge is 0.467 e. The summed E-state index contributed by atoms with van der Waals surface area (Å²) in [6.07, 6.45) is -9.40. The summed E-state index contributed by atoms with van der Waals surface area (Å²) in [5.41, 5.74) is 0. The summed E-state index contributed by atoms with van der Waals surface area (Å²) in [7, 11) is 0.889. The Balaban J connectivity index is 2.83. The Morgan fingerprint density at radius 2 is 2.00 bits per heavy atom. The van der Waals surface area contributed by atoms with Gasteiger partial charge in [-0.25, -0.2) is 8.98 Å². The SMILES string of the molecule is COC(=O)C1OS(=O)OC1C(F)(F)F. The lowest BCUT2D eigenvalue weighted by molar-refractivity contribution is -0.206. The Labute approximate surface area is 79.0 Å². The molecule has 82 valence electrons. The van der Waals surface area contributed by atoms with Crippen molar-refractivity contribution in [3.63, 3.8) is 0 Å². The third kappa shape index (κ3) is 2.22. The molecule has 1 rings (SSSR count). The quantitative estimate of drug-likeness (QED) is 0.601. The van der Waals surface area contributed by atoms with Crippen molar-refractivity contribution in [2.75, 3.05) is 7.11 Å². The molecule has 1 saturated heterocycles. The molecular weight excluding hydrogens is 229 g/mol. The molecule has 0 aromatic carbocycles. The highest BCUT2D eigenvalue weighted by Crippen LogP contribution is 2.32. The highest BCUT2D eigenvalue weighted by molar-refractivity contribution is 7.75. The van der Waals surface area contributed by atoms with E-state index in [1.165, 1.54) is 0 Å². The Bertz CT molecular complexity index is 265. The molecular formula is C5H5F3O5S. The highest BCUT2D eigenvalue weighted by Gasteiger charge is 2.56. The van der Waals surface area contributed by atoms with Crippen LogP contribution in [0.5, 0.6) is 0 Å². The second-order valence-electron chi connectivity index (χ2n) is 2.30. The minimum absolute atomic E-state index is 0.889. The van der Waals surface area contributed by atoms with Gasteiger partial charge in [-0.2, -0.15) is 17.4 Å². The molecule has 1 heterocycles. The second kappa shape index (κ2) is 3.83. The summed E-state index contributed by atoms with van der Waals surface area (Å²) in [6, 6.07) is 0. The summed E-state index contributed by atoms with van der Waals surface area (Å²) in [5.74, 6) is -1.28. The monoisotopic (exact) mass is 234 g/mol. The zero-order valence-electron chi connectivity index (χ0n) is 6.74. The zero-order valence-corrected chi connectivity index (χ0v) is 7.55. The van der Waals surface area contributed by atoms with Gasteiger partial charge >= 0.3 is 23.5 Å². The van der Waals surface area contributed by atoms with Gasteiger partial charge in [-0.3, -0.25) is 4.18 Å². The van der Waals surface area contributed by atoms with Crippen molar-refractivity contribution in [3.8, 4) is 0 Å². The lowest BCUT2D eigenvalue weighted by Gasteiger charge is -2.15. The van der Waals surface area contributed by atoms with Crippen molar-refractivity contribution in [2.45, 2.75) is 18.4 Å². The van der Waals surface area contributed by atoms with Crippen molar-refractivity contribution in [1.29, 1.82) is 0 Å². The van der Waals surface area contributed by atoms with Crippen LogP contribution in [0.3, 0.4) is 0 Å². The molecule has 0 aliphatic carbocycles. The molecule has 1 aliphatic rings. The van der Waals surface area contributed by atoms with E-state index in [4.69, 9.17) is 0 Å². The van der Waals surface area contributed by atoms with E-state index in [9.17, 15) is 22.2 Å². The van der Waals surface area contributed by atoms with Crippen molar-refractivity contribution >= 4 is 17.3 Å². The van der Waals surface area contributed by atoms with Gasteiger partial charge in [0.25, 0.3) is 0 Å². The number of methoxy groups -OCH3 is 1. The summed E-state index contributed by atoms with van der Waals surface area (Å²) in [4.78, 5) is 10.8. The number of alkyl halides is 3. The van der Waals surface area contributed by atoms with Crippen LogP contribution in [0.15, 0.2) is 0 Å². The van der Waals surface area contributed by atoms with Crippen molar-refractivity contribution in [1.82, 2.24) is 0 Å². The van der Waals surface area contributed by atoms with Crippen molar-refractivity contribution in [2.24, 2.45) is 0 Å². The van der Waals surface area contributed by atoms with Gasteiger partial charge in [-0.05, 0) is 0 Å². The van der Waals surface area contributed by atoms with E-state index in [1.807, 2.05) is 0 Å². The van der Waals surface area contributed by atoms with Gasteiger partial charge in [0.2, 0.25) is 12.2 Å². The Morgan fingerprint density at radius 1 is 1.43 bits per heavy atom. The molecule has 0 spiro atoms. The molecule has 0 aromatic rings. The number of ether oxygens (including phenoxy) is 1. The van der Waals surface area contributed by atoms with Crippen LogP contribution in [0.4, 0.5) is 13.2 Å². The maximum Gasteiger partial charge on any atom is 0.419 e. The van der Waals surface area contributed by atoms with Crippen LogP contribution >= 0.6 is 0 Å². The molecule has 14 heavy (non-hydrogen) atoms. The standard InChI is InChI=1S/C5H5F3O5S/c1-11-4(9)2-3(5(6,7)8)13-14(10)12-2/h2-3H,1H3. The Kier molecular flexibility index (Phi) is 3.12. The number of esters is 1. The van der Waals surface area contributed by atoms with E-state index < -0.39 is 35.7 Å². The molecule has 1 fully saturated rings. The predicted octanol–water partition coefficient (Wildman–Crippen LogP) is 0.0844. The maximum absolute atomic E-state index is 12.1. The maximum atomic E-state index is 12.1. The number of carbonyl (C=O) groups excluding carboxylic acids is 1. The number of carbonyl (C=O) groups is 1. The van der Waals surface area contributed by atoms with Crippen LogP contribution in [0.1, 0.15) is 0 Å². The fraction of sp³-hybridized carbons (Fsp3) is 0.800. The van der Waals surface area contributed by atoms with Crippen molar-refractivity contribution in [3.05, 3.63) is 0 Å². The molecule has 1 aliphatic heterocycles. The van der Waals surface area contributed by atoms with Gasteiger partial charge in [0.1, 0.15) is 0 Å². The molecule has 3 unspecified atom stereocenters. The van der Waals surface area contributed by atoms with E-state index in [0.29, 0.717) is 0 Å².